The molecule has 0 saturated carbocycles. The summed E-state index contributed by atoms with van der Waals surface area (Å²) in [6.07, 6.45) is 0.893. The summed E-state index contributed by atoms with van der Waals surface area (Å²) in [6.45, 7) is 3.57. The van der Waals surface area contributed by atoms with E-state index in [1.54, 1.807) is 7.11 Å². The van der Waals surface area contributed by atoms with E-state index in [2.05, 4.69) is 32.7 Å². The fourth-order valence-electron chi connectivity index (χ4n) is 2.22. The van der Waals surface area contributed by atoms with Crippen molar-refractivity contribution >= 4 is 27.6 Å². The van der Waals surface area contributed by atoms with Crippen LogP contribution in [0, 0.1) is 0 Å². The lowest BCUT2D eigenvalue weighted by Crippen LogP contribution is -2.50. The van der Waals surface area contributed by atoms with Crippen LogP contribution in [0.3, 0.4) is 0 Å². The Morgan fingerprint density at radius 3 is 2.72 bits per heavy atom. The van der Waals surface area contributed by atoms with E-state index in [0.717, 1.165) is 16.6 Å². The van der Waals surface area contributed by atoms with E-state index in [1.165, 1.54) is 0 Å². The second-order valence-electron chi connectivity index (χ2n) is 4.73. The van der Waals surface area contributed by atoms with E-state index in [4.69, 9.17) is 10.5 Å². The molecule has 1 heterocycles. The molecule has 0 spiro atoms. The molecule has 1 aliphatic rings. The van der Waals surface area contributed by atoms with Crippen LogP contribution >= 0.6 is 15.9 Å². The Morgan fingerprint density at radius 1 is 1.44 bits per heavy atom. The first-order chi connectivity index (χ1) is 8.57. The lowest BCUT2D eigenvalue weighted by atomic mass is 9.96. The van der Waals surface area contributed by atoms with Gasteiger partial charge in [-0.05, 0) is 37.6 Å². The highest BCUT2D eigenvalue weighted by molar-refractivity contribution is 9.10. The molecular weight excluding hydrogens is 294 g/mol. The van der Waals surface area contributed by atoms with Crippen molar-refractivity contribution in [1.82, 2.24) is 0 Å². The second-order valence-corrected chi connectivity index (χ2v) is 5.64. The minimum atomic E-state index is -0.103. The summed E-state index contributed by atoms with van der Waals surface area (Å²) in [5, 5.41) is 0. The van der Waals surface area contributed by atoms with Crippen LogP contribution < -0.4 is 10.6 Å². The summed E-state index contributed by atoms with van der Waals surface area (Å²) >= 11 is 3.44. The van der Waals surface area contributed by atoms with Crippen LogP contribution in [0.5, 0.6) is 0 Å². The summed E-state index contributed by atoms with van der Waals surface area (Å²) in [5.41, 5.74) is 6.98. The van der Waals surface area contributed by atoms with E-state index in [9.17, 15) is 0 Å². The normalized spacial score (nSPS) is 23.3. The average Bonchev–Trinajstić information content (AvgIpc) is 2.65. The number of halogens is 1. The van der Waals surface area contributed by atoms with Gasteiger partial charge in [-0.3, -0.25) is 4.99 Å². The SMILES string of the molecule is COCCC1(C)CN=C(N)N1c1ccc(Br)cc1. The third-order valence-electron chi connectivity index (χ3n) is 3.28. The zero-order valence-electron chi connectivity index (χ0n) is 10.7. The molecule has 1 atom stereocenters. The maximum atomic E-state index is 6.02. The first-order valence-electron chi connectivity index (χ1n) is 5.91. The molecule has 4 nitrogen and oxygen atoms in total. The third-order valence-corrected chi connectivity index (χ3v) is 3.81. The summed E-state index contributed by atoms with van der Waals surface area (Å²) < 4.78 is 6.24. The predicted molar refractivity (Wildman–Crippen MR) is 78.0 cm³/mol. The van der Waals surface area contributed by atoms with Gasteiger partial charge in [0.15, 0.2) is 5.96 Å². The molecule has 2 rings (SSSR count). The quantitative estimate of drug-likeness (QED) is 0.929. The molecule has 98 valence electrons. The molecule has 1 aromatic rings. The Balaban J connectivity index is 2.27. The number of nitrogens with zero attached hydrogens (tertiary/aromatic N) is 2. The van der Waals surface area contributed by atoms with Gasteiger partial charge in [0.05, 0.1) is 12.1 Å². The van der Waals surface area contributed by atoms with Gasteiger partial charge in [-0.15, -0.1) is 0 Å². The van der Waals surface area contributed by atoms with E-state index in [0.29, 0.717) is 19.1 Å². The van der Waals surface area contributed by atoms with Crippen LogP contribution in [-0.2, 0) is 4.74 Å². The summed E-state index contributed by atoms with van der Waals surface area (Å²) in [5.74, 6) is 0.580. The topological polar surface area (TPSA) is 50.9 Å². The average molecular weight is 312 g/mol. The van der Waals surface area contributed by atoms with Crippen LogP contribution in [0.15, 0.2) is 33.7 Å². The van der Waals surface area contributed by atoms with Crippen LogP contribution in [-0.4, -0.2) is 31.8 Å². The third kappa shape index (κ3) is 2.52. The number of hydrogen-bond acceptors (Lipinski definition) is 4. The highest BCUT2D eigenvalue weighted by atomic mass is 79.9. The van der Waals surface area contributed by atoms with Crippen molar-refractivity contribution in [3.05, 3.63) is 28.7 Å². The van der Waals surface area contributed by atoms with Crippen LogP contribution in [0.4, 0.5) is 5.69 Å². The lowest BCUT2D eigenvalue weighted by Gasteiger charge is -2.36. The van der Waals surface area contributed by atoms with Crippen molar-refractivity contribution in [2.24, 2.45) is 10.7 Å². The molecule has 1 unspecified atom stereocenters. The summed E-state index contributed by atoms with van der Waals surface area (Å²) in [6, 6.07) is 8.11. The van der Waals surface area contributed by atoms with Gasteiger partial charge < -0.3 is 15.4 Å². The number of anilines is 1. The number of rotatable bonds is 4. The molecule has 18 heavy (non-hydrogen) atoms. The maximum absolute atomic E-state index is 6.02. The number of ether oxygens (including phenoxy) is 1. The van der Waals surface area contributed by atoms with Gasteiger partial charge >= 0.3 is 0 Å². The Bertz CT molecular complexity index is 446. The standard InChI is InChI=1S/C13H18BrN3O/c1-13(7-8-18-2)9-16-12(15)17(13)11-5-3-10(14)4-6-11/h3-6H,7-9H2,1-2H3,(H2,15,16). The van der Waals surface area contributed by atoms with E-state index < -0.39 is 0 Å². The Labute approximate surface area is 116 Å². The van der Waals surface area contributed by atoms with E-state index in [-0.39, 0.29) is 5.54 Å². The van der Waals surface area contributed by atoms with Crippen molar-refractivity contribution in [2.75, 3.05) is 25.2 Å². The van der Waals surface area contributed by atoms with Gasteiger partial charge in [-0.25, -0.2) is 0 Å². The first kappa shape index (κ1) is 13.4. The van der Waals surface area contributed by atoms with Crippen molar-refractivity contribution in [3.8, 4) is 0 Å². The van der Waals surface area contributed by atoms with Crippen LogP contribution in [0.1, 0.15) is 13.3 Å². The van der Waals surface area contributed by atoms with Crippen LogP contribution in [0.25, 0.3) is 0 Å². The Hall–Kier alpha value is -1.07. The molecule has 2 N–H and O–H groups in total. The summed E-state index contributed by atoms with van der Waals surface area (Å²) in [7, 11) is 1.71. The number of guanidine groups is 1. The molecule has 5 heteroatoms. The minimum Gasteiger partial charge on any atom is -0.385 e. The zero-order valence-corrected chi connectivity index (χ0v) is 12.3. The highest BCUT2D eigenvalue weighted by Crippen LogP contribution is 2.31. The molecular formula is C13H18BrN3O. The van der Waals surface area contributed by atoms with Crippen LogP contribution in [0.2, 0.25) is 0 Å². The first-order valence-corrected chi connectivity index (χ1v) is 6.71. The molecule has 0 aliphatic carbocycles. The fourth-order valence-corrected chi connectivity index (χ4v) is 2.48. The number of benzene rings is 1. The van der Waals surface area contributed by atoms with Gasteiger partial charge in [-0.2, -0.15) is 0 Å². The number of aliphatic imine (C=N–C) groups is 1. The monoisotopic (exact) mass is 311 g/mol. The minimum absolute atomic E-state index is 0.103. The van der Waals surface area contributed by atoms with Gasteiger partial charge in [0.2, 0.25) is 0 Å². The van der Waals surface area contributed by atoms with Crippen molar-refractivity contribution in [2.45, 2.75) is 18.9 Å². The lowest BCUT2D eigenvalue weighted by molar-refractivity contribution is 0.175. The van der Waals surface area contributed by atoms with Crippen molar-refractivity contribution < 1.29 is 4.74 Å². The molecule has 0 amide bonds. The predicted octanol–water partition coefficient (Wildman–Crippen LogP) is 2.38. The molecule has 0 saturated heterocycles. The zero-order chi connectivity index (χ0) is 13.2. The summed E-state index contributed by atoms with van der Waals surface area (Å²) in [4.78, 5) is 6.47. The largest absolute Gasteiger partial charge is 0.385 e. The fraction of sp³-hybridized carbons (Fsp3) is 0.462. The van der Waals surface area contributed by atoms with Gasteiger partial charge in [0, 0.05) is 23.9 Å². The molecule has 0 fully saturated rings. The Kier molecular flexibility index (Phi) is 3.92. The molecule has 1 aliphatic heterocycles. The second kappa shape index (κ2) is 5.28. The number of methoxy groups -OCH3 is 1. The van der Waals surface area contributed by atoms with Crippen molar-refractivity contribution in [3.63, 3.8) is 0 Å². The smallest absolute Gasteiger partial charge is 0.196 e. The van der Waals surface area contributed by atoms with Crippen molar-refractivity contribution in [1.29, 1.82) is 0 Å². The molecule has 0 bridgehead atoms. The molecule has 0 aromatic heterocycles. The highest BCUT2D eigenvalue weighted by Gasteiger charge is 2.38. The number of nitrogens with two attached hydrogens (primary N) is 1. The maximum Gasteiger partial charge on any atom is 0.196 e. The number of hydrogen-bond donors (Lipinski definition) is 1. The van der Waals surface area contributed by atoms with E-state index in [1.807, 2.05) is 24.3 Å². The molecule has 1 aromatic carbocycles. The molecule has 0 radical (unpaired) electrons. The van der Waals surface area contributed by atoms with E-state index >= 15 is 0 Å². The Morgan fingerprint density at radius 2 is 2.11 bits per heavy atom. The van der Waals surface area contributed by atoms with Gasteiger partial charge in [0.25, 0.3) is 0 Å². The van der Waals surface area contributed by atoms with Gasteiger partial charge in [0.1, 0.15) is 0 Å². The van der Waals surface area contributed by atoms with Gasteiger partial charge in [-0.1, -0.05) is 15.9 Å².